The average molecular weight is 303 g/mol. The number of nitrogens with zero attached hydrogens (tertiary/aromatic N) is 1. The number of benzene rings is 1. The third-order valence-electron chi connectivity index (χ3n) is 3.65. The van der Waals surface area contributed by atoms with Gasteiger partial charge in [-0.25, -0.2) is 8.42 Å². The molecule has 0 aromatic heterocycles. The summed E-state index contributed by atoms with van der Waals surface area (Å²) < 4.78 is 27.2. The van der Waals surface area contributed by atoms with E-state index in [2.05, 4.69) is 0 Å². The number of sulfonamides is 1. The van der Waals surface area contributed by atoms with Gasteiger partial charge in [-0.3, -0.25) is 0 Å². The normalized spacial score (nSPS) is 25.4. The molecule has 1 saturated heterocycles. The van der Waals surface area contributed by atoms with Crippen molar-refractivity contribution in [2.75, 3.05) is 5.73 Å². The lowest BCUT2D eigenvalue weighted by molar-refractivity contribution is 0.204. The Morgan fingerprint density at radius 1 is 1.26 bits per heavy atom. The third kappa shape index (κ3) is 2.59. The number of rotatable bonds is 2. The zero-order valence-corrected chi connectivity index (χ0v) is 12.7. The van der Waals surface area contributed by atoms with Crippen molar-refractivity contribution in [1.29, 1.82) is 0 Å². The summed E-state index contributed by atoms with van der Waals surface area (Å²) in [5, 5.41) is 0.185. The Balaban J connectivity index is 2.53. The maximum absolute atomic E-state index is 12.8. The molecule has 4 nitrogen and oxygen atoms in total. The second-order valence-corrected chi connectivity index (χ2v) is 7.31. The van der Waals surface area contributed by atoms with Gasteiger partial charge >= 0.3 is 0 Å². The predicted octanol–water partition coefficient (Wildman–Crippen LogP) is 2.87. The molecular weight excluding hydrogens is 284 g/mol. The minimum Gasteiger partial charge on any atom is -0.398 e. The van der Waals surface area contributed by atoms with Gasteiger partial charge in [0.15, 0.2) is 0 Å². The molecular formula is C13H19ClN2O2S. The van der Waals surface area contributed by atoms with E-state index < -0.39 is 10.0 Å². The molecule has 1 aliphatic heterocycles. The summed E-state index contributed by atoms with van der Waals surface area (Å²) in [6, 6.07) is 4.73. The molecule has 6 heteroatoms. The van der Waals surface area contributed by atoms with E-state index in [0.29, 0.717) is 0 Å². The van der Waals surface area contributed by atoms with Crippen LogP contribution in [0, 0.1) is 0 Å². The number of nitrogen functional groups attached to an aromatic ring is 1. The number of anilines is 1. The Labute approximate surface area is 119 Å². The fourth-order valence-corrected chi connectivity index (χ4v) is 5.30. The van der Waals surface area contributed by atoms with Gasteiger partial charge in [-0.15, -0.1) is 0 Å². The number of hydrogen-bond acceptors (Lipinski definition) is 3. The lowest BCUT2D eigenvalue weighted by Gasteiger charge is -2.38. The quantitative estimate of drug-likeness (QED) is 0.854. The molecule has 1 aromatic carbocycles. The first-order valence-electron chi connectivity index (χ1n) is 6.43. The van der Waals surface area contributed by atoms with Crippen LogP contribution in [0.3, 0.4) is 0 Å². The molecule has 2 atom stereocenters. The second-order valence-electron chi connectivity index (χ2n) is 5.12. The molecule has 0 aliphatic carbocycles. The first-order chi connectivity index (χ1) is 8.85. The van der Waals surface area contributed by atoms with Crippen LogP contribution in [-0.4, -0.2) is 24.8 Å². The Hall–Kier alpha value is -0.780. The summed E-state index contributed by atoms with van der Waals surface area (Å²) in [6.07, 6.45) is 2.79. The van der Waals surface area contributed by atoms with Crippen molar-refractivity contribution in [3.8, 4) is 0 Å². The van der Waals surface area contributed by atoms with E-state index in [1.807, 2.05) is 13.8 Å². The molecule has 0 radical (unpaired) electrons. The number of hydrogen-bond donors (Lipinski definition) is 1. The highest BCUT2D eigenvalue weighted by Gasteiger charge is 2.37. The fraction of sp³-hybridized carbons (Fsp3) is 0.538. The van der Waals surface area contributed by atoms with E-state index in [9.17, 15) is 8.42 Å². The van der Waals surface area contributed by atoms with Crippen LogP contribution < -0.4 is 5.73 Å². The molecule has 0 saturated carbocycles. The zero-order valence-electron chi connectivity index (χ0n) is 11.1. The fourth-order valence-electron chi connectivity index (χ4n) is 2.77. The van der Waals surface area contributed by atoms with Crippen molar-refractivity contribution >= 4 is 27.3 Å². The van der Waals surface area contributed by atoms with Crippen LogP contribution in [0.4, 0.5) is 5.69 Å². The van der Waals surface area contributed by atoms with E-state index >= 15 is 0 Å². The molecule has 19 heavy (non-hydrogen) atoms. The second kappa shape index (κ2) is 5.31. The van der Waals surface area contributed by atoms with Crippen molar-refractivity contribution in [3.63, 3.8) is 0 Å². The Kier molecular flexibility index (Phi) is 4.08. The van der Waals surface area contributed by atoms with Gasteiger partial charge in [0.25, 0.3) is 0 Å². The lowest BCUT2D eigenvalue weighted by Crippen LogP contribution is -2.47. The Morgan fingerprint density at radius 2 is 1.84 bits per heavy atom. The van der Waals surface area contributed by atoms with E-state index in [1.54, 1.807) is 22.5 Å². The van der Waals surface area contributed by atoms with Crippen LogP contribution in [0.25, 0.3) is 0 Å². The minimum atomic E-state index is -3.65. The first-order valence-corrected chi connectivity index (χ1v) is 8.25. The molecule has 0 bridgehead atoms. The van der Waals surface area contributed by atoms with Gasteiger partial charge in [0.05, 0.1) is 10.7 Å². The van der Waals surface area contributed by atoms with Gasteiger partial charge in [0.1, 0.15) is 4.90 Å². The van der Waals surface area contributed by atoms with Crippen molar-refractivity contribution in [1.82, 2.24) is 4.31 Å². The van der Waals surface area contributed by atoms with Crippen LogP contribution in [0.5, 0.6) is 0 Å². The van der Waals surface area contributed by atoms with E-state index in [0.717, 1.165) is 19.3 Å². The highest BCUT2D eigenvalue weighted by molar-refractivity contribution is 7.89. The smallest absolute Gasteiger partial charge is 0.247 e. The van der Waals surface area contributed by atoms with Crippen LogP contribution in [0.1, 0.15) is 33.1 Å². The van der Waals surface area contributed by atoms with E-state index in [1.165, 1.54) is 0 Å². The molecule has 1 aliphatic rings. The summed E-state index contributed by atoms with van der Waals surface area (Å²) in [5.41, 5.74) is 6.02. The number of nitrogens with two attached hydrogens (primary N) is 1. The first kappa shape index (κ1) is 14.6. The average Bonchev–Trinajstić information content (AvgIpc) is 2.27. The molecule has 2 unspecified atom stereocenters. The van der Waals surface area contributed by atoms with Gasteiger partial charge in [-0.05, 0) is 38.8 Å². The third-order valence-corrected chi connectivity index (χ3v) is 6.32. The Morgan fingerprint density at radius 3 is 2.37 bits per heavy atom. The largest absolute Gasteiger partial charge is 0.398 e. The van der Waals surface area contributed by atoms with Crippen molar-refractivity contribution < 1.29 is 8.42 Å². The van der Waals surface area contributed by atoms with Crippen LogP contribution in [-0.2, 0) is 10.0 Å². The molecule has 106 valence electrons. The molecule has 0 amide bonds. The number of halogens is 1. The van der Waals surface area contributed by atoms with Gasteiger partial charge in [-0.2, -0.15) is 4.31 Å². The molecule has 1 aromatic rings. The highest BCUT2D eigenvalue weighted by Crippen LogP contribution is 2.35. The molecule has 2 N–H and O–H groups in total. The lowest BCUT2D eigenvalue weighted by atomic mass is 10.0. The monoisotopic (exact) mass is 302 g/mol. The summed E-state index contributed by atoms with van der Waals surface area (Å²) in [4.78, 5) is 0.0391. The minimum absolute atomic E-state index is 0.0237. The molecule has 1 fully saturated rings. The number of piperidine rings is 1. The van der Waals surface area contributed by atoms with Crippen LogP contribution in [0.15, 0.2) is 23.1 Å². The van der Waals surface area contributed by atoms with E-state index in [-0.39, 0.29) is 27.7 Å². The van der Waals surface area contributed by atoms with Gasteiger partial charge < -0.3 is 5.73 Å². The van der Waals surface area contributed by atoms with Crippen molar-refractivity contribution in [3.05, 3.63) is 23.2 Å². The molecule has 1 heterocycles. The van der Waals surface area contributed by atoms with Crippen molar-refractivity contribution in [2.45, 2.75) is 50.1 Å². The maximum atomic E-state index is 12.8. The summed E-state index contributed by atoms with van der Waals surface area (Å²) >= 11 is 6.04. The zero-order chi connectivity index (χ0) is 14.2. The molecule has 2 rings (SSSR count). The summed E-state index contributed by atoms with van der Waals surface area (Å²) in [7, 11) is -3.65. The van der Waals surface area contributed by atoms with Gasteiger partial charge in [-0.1, -0.05) is 24.1 Å². The summed E-state index contributed by atoms with van der Waals surface area (Å²) in [5.74, 6) is 0. The van der Waals surface area contributed by atoms with Crippen LogP contribution >= 0.6 is 11.6 Å². The standard InChI is InChI=1S/C13H19ClN2O2S/c1-9-5-3-6-10(2)16(9)19(17,18)13-11(14)7-4-8-12(13)15/h4,7-10H,3,5-6,15H2,1-2H3. The maximum Gasteiger partial charge on any atom is 0.247 e. The van der Waals surface area contributed by atoms with Gasteiger partial charge in [0, 0.05) is 12.1 Å². The molecule has 0 spiro atoms. The highest BCUT2D eigenvalue weighted by atomic mass is 35.5. The SMILES string of the molecule is CC1CCCC(C)N1S(=O)(=O)c1c(N)cccc1Cl. The van der Waals surface area contributed by atoms with Crippen molar-refractivity contribution in [2.24, 2.45) is 0 Å². The summed E-state index contributed by atoms with van der Waals surface area (Å²) in [6.45, 7) is 3.86. The van der Waals surface area contributed by atoms with Crippen LogP contribution in [0.2, 0.25) is 5.02 Å². The Bertz CT molecular complexity index is 544. The van der Waals surface area contributed by atoms with E-state index in [4.69, 9.17) is 17.3 Å². The predicted molar refractivity (Wildman–Crippen MR) is 77.7 cm³/mol. The van der Waals surface area contributed by atoms with Gasteiger partial charge in [0.2, 0.25) is 10.0 Å². The topological polar surface area (TPSA) is 63.4 Å².